The van der Waals surface area contributed by atoms with Crippen LogP contribution in [0.25, 0.3) is 0 Å². The second-order valence-electron chi connectivity index (χ2n) is 5.30. The summed E-state index contributed by atoms with van der Waals surface area (Å²) >= 11 is 5.91. The van der Waals surface area contributed by atoms with E-state index in [1.165, 1.54) is 13.3 Å². The van der Waals surface area contributed by atoms with Crippen molar-refractivity contribution >= 4 is 41.2 Å². The number of nitrogens with zero attached hydrogens (tertiary/aromatic N) is 1. The zero-order valence-corrected chi connectivity index (χ0v) is 15.5. The van der Waals surface area contributed by atoms with E-state index in [0.29, 0.717) is 27.8 Å². The van der Waals surface area contributed by atoms with Crippen LogP contribution in [0.15, 0.2) is 47.6 Å². The molecule has 0 saturated heterocycles. The largest absolute Gasteiger partial charge is 0.493 e. The number of nitrogens with two attached hydrogens (primary N) is 1. The summed E-state index contributed by atoms with van der Waals surface area (Å²) < 4.78 is 10.4. The zero-order valence-electron chi connectivity index (χ0n) is 14.8. The van der Waals surface area contributed by atoms with Crippen LogP contribution in [0.4, 0.5) is 5.69 Å². The molecule has 0 heterocycles. The molecule has 0 aliphatic heterocycles. The maximum atomic E-state index is 11.8. The quantitative estimate of drug-likeness (QED) is 0.363. The van der Waals surface area contributed by atoms with Crippen molar-refractivity contribution in [2.75, 3.05) is 19.0 Å². The van der Waals surface area contributed by atoms with Gasteiger partial charge in [-0.1, -0.05) is 23.7 Å². The highest BCUT2D eigenvalue weighted by Gasteiger charge is 2.14. The van der Waals surface area contributed by atoms with Gasteiger partial charge in [0.25, 0.3) is 5.91 Å². The van der Waals surface area contributed by atoms with Gasteiger partial charge < -0.3 is 20.5 Å². The Kier molecular flexibility index (Phi) is 7.35. The number of nitrogens with one attached hydrogen (secondary N) is 2. The van der Waals surface area contributed by atoms with Gasteiger partial charge in [0, 0.05) is 0 Å². The van der Waals surface area contributed by atoms with E-state index < -0.39 is 17.7 Å². The molecule has 2 aromatic carbocycles. The van der Waals surface area contributed by atoms with E-state index in [-0.39, 0.29) is 6.61 Å². The molecule has 0 atom stereocenters. The number of benzene rings is 2. The van der Waals surface area contributed by atoms with Crippen LogP contribution in [0.2, 0.25) is 5.02 Å². The third-order valence-electron chi connectivity index (χ3n) is 3.27. The molecule has 0 aliphatic rings. The number of anilines is 1. The summed E-state index contributed by atoms with van der Waals surface area (Å²) in [4.78, 5) is 34.4. The van der Waals surface area contributed by atoms with Crippen molar-refractivity contribution in [3.63, 3.8) is 0 Å². The van der Waals surface area contributed by atoms with Gasteiger partial charge in [0.05, 0.1) is 24.0 Å². The van der Waals surface area contributed by atoms with Gasteiger partial charge in [-0.2, -0.15) is 5.10 Å². The van der Waals surface area contributed by atoms with Gasteiger partial charge >= 0.3 is 11.8 Å². The molecule has 9 nitrogen and oxygen atoms in total. The van der Waals surface area contributed by atoms with E-state index in [0.717, 1.165) is 0 Å². The fourth-order valence-corrected chi connectivity index (χ4v) is 2.17. The highest BCUT2D eigenvalue weighted by Crippen LogP contribution is 2.27. The van der Waals surface area contributed by atoms with Crippen LogP contribution in [-0.2, 0) is 14.4 Å². The summed E-state index contributed by atoms with van der Waals surface area (Å²) in [5.74, 6) is -1.84. The average Bonchev–Trinajstić information content (AvgIpc) is 2.68. The average molecular weight is 405 g/mol. The Labute approximate surface area is 165 Å². The predicted octanol–water partition coefficient (Wildman–Crippen LogP) is 1.30. The van der Waals surface area contributed by atoms with Gasteiger partial charge in [0.1, 0.15) is 0 Å². The second-order valence-corrected chi connectivity index (χ2v) is 5.71. The van der Waals surface area contributed by atoms with E-state index in [1.54, 1.807) is 42.5 Å². The molecule has 28 heavy (non-hydrogen) atoms. The Morgan fingerprint density at radius 3 is 2.57 bits per heavy atom. The van der Waals surface area contributed by atoms with Crippen LogP contribution in [0.5, 0.6) is 11.5 Å². The Balaban J connectivity index is 1.96. The maximum Gasteiger partial charge on any atom is 0.329 e. The van der Waals surface area contributed by atoms with Gasteiger partial charge in [-0.05, 0) is 35.9 Å². The normalized spacial score (nSPS) is 10.4. The van der Waals surface area contributed by atoms with Crippen molar-refractivity contribution in [2.24, 2.45) is 10.8 Å². The third-order valence-corrected chi connectivity index (χ3v) is 3.60. The number of hydrogen-bond donors (Lipinski definition) is 3. The Morgan fingerprint density at radius 2 is 1.89 bits per heavy atom. The number of para-hydroxylation sites is 1. The molecule has 10 heteroatoms. The van der Waals surface area contributed by atoms with Crippen LogP contribution < -0.4 is 25.9 Å². The monoisotopic (exact) mass is 404 g/mol. The molecule has 0 radical (unpaired) electrons. The number of halogens is 1. The fourth-order valence-electron chi connectivity index (χ4n) is 1.99. The molecule has 2 aromatic rings. The Hall–Kier alpha value is -3.59. The van der Waals surface area contributed by atoms with Crippen molar-refractivity contribution in [3.05, 3.63) is 53.1 Å². The lowest BCUT2D eigenvalue weighted by molar-refractivity contribution is -0.136. The Bertz CT molecular complexity index is 917. The van der Waals surface area contributed by atoms with Gasteiger partial charge in [-0.15, -0.1) is 0 Å². The topological polar surface area (TPSA) is 132 Å². The lowest BCUT2D eigenvalue weighted by atomic mass is 10.2. The highest BCUT2D eigenvalue weighted by atomic mass is 35.5. The van der Waals surface area contributed by atoms with Crippen molar-refractivity contribution < 1.29 is 23.9 Å². The third kappa shape index (κ3) is 5.99. The van der Waals surface area contributed by atoms with Crippen LogP contribution in [-0.4, -0.2) is 37.7 Å². The molecule has 0 fully saturated rings. The Morgan fingerprint density at radius 1 is 1.14 bits per heavy atom. The first-order valence-corrected chi connectivity index (χ1v) is 8.26. The molecule has 0 unspecified atom stereocenters. The fraction of sp³-hybridized carbons (Fsp3) is 0.111. The van der Waals surface area contributed by atoms with Gasteiger partial charge in [-0.25, -0.2) is 5.43 Å². The minimum Gasteiger partial charge on any atom is -0.493 e. The molecule has 0 spiro atoms. The number of carbonyl (C=O) groups excluding carboxylic acids is 3. The number of ether oxygens (including phenoxy) is 2. The van der Waals surface area contributed by atoms with Crippen LogP contribution in [0, 0.1) is 0 Å². The standard InChI is InChI=1S/C18H17ClN4O5/c1-27-15-8-11(6-7-14(15)28-10-16(20)24)9-21-23-18(26)17(25)22-13-5-3-2-4-12(13)19/h2-9H,10H2,1H3,(H2,20,24)(H,22,25)(H,23,26)/b21-9-. The maximum absolute atomic E-state index is 11.8. The summed E-state index contributed by atoms with van der Waals surface area (Å²) in [6.07, 6.45) is 1.31. The molecular weight excluding hydrogens is 388 g/mol. The molecule has 0 aliphatic carbocycles. The number of primary amides is 1. The molecule has 146 valence electrons. The van der Waals surface area contributed by atoms with Crippen molar-refractivity contribution in [2.45, 2.75) is 0 Å². The summed E-state index contributed by atoms with van der Waals surface area (Å²) in [5.41, 5.74) is 8.00. The van der Waals surface area contributed by atoms with E-state index in [1.807, 2.05) is 0 Å². The number of hydrogen-bond acceptors (Lipinski definition) is 6. The van der Waals surface area contributed by atoms with Gasteiger partial charge in [0.2, 0.25) is 0 Å². The first kappa shape index (κ1) is 20.7. The van der Waals surface area contributed by atoms with E-state index in [4.69, 9.17) is 26.8 Å². The molecule has 4 N–H and O–H groups in total. The molecule has 0 bridgehead atoms. The van der Waals surface area contributed by atoms with Crippen molar-refractivity contribution in [1.29, 1.82) is 0 Å². The molecule has 0 aromatic heterocycles. The van der Waals surface area contributed by atoms with Crippen molar-refractivity contribution in [1.82, 2.24) is 5.43 Å². The van der Waals surface area contributed by atoms with Crippen LogP contribution >= 0.6 is 11.6 Å². The zero-order chi connectivity index (χ0) is 20.5. The lowest BCUT2D eigenvalue weighted by Gasteiger charge is -2.09. The molecular formula is C18H17ClN4O5. The summed E-state index contributed by atoms with van der Waals surface area (Å²) in [6, 6.07) is 11.2. The minimum absolute atomic E-state index is 0.291. The first-order chi connectivity index (χ1) is 13.4. The number of rotatable bonds is 7. The minimum atomic E-state index is -0.968. The van der Waals surface area contributed by atoms with E-state index in [2.05, 4.69) is 15.8 Å². The summed E-state index contributed by atoms with van der Waals surface area (Å²) in [5, 5.41) is 6.40. The second kappa shape index (κ2) is 9.93. The van der Waals surface area contributed by atoms with E-state index in [9.17, 15) is 14.4 Å². The lowest BCUT2D eigenvalue weighted by Crippen LogP contribution is -2.32. The predicted molar refractivity (Wildman–Crippen MR) is 104 cm³/mol. The van der Waals surface area contributed by atoms with Gasteiger partial charge in [0.15, 0.2) is 18.1 Å². The first-order valence-electron chi connectivity index (χ1n) is 7.88. The van der Waals surface area contributed by atoms with Gasteiger partial charge in [-0.3, -0.25) is 14.4 Å². The summed E-state index contributed by atoms with van der Waals surface area (Å²) in [6.45, 7) is -0.291. The summed E-state index contributed by atoms with van der Waals surface area (Å²) in [7, 11) is 1.42. The molecule has 2 rings (SSSR count). The van der Waals surface area contributed by atoms with Crippen molar-refractivity contribution in [3.8, 4) is 11.5 Å². The van der Waals surface area contributed by atoms with Crippen LogP contribution in [0.3, 0.4) is 0 Å². The SMILES string of the molecule is COc1cc(/C=N\NC(=O)C(=O)Nc2ccccc2Cl)ccc1OCC(N)=O. The number of hydrazone groups is 1. The van der Waals surface area contributed by atoms with Crippen LogP contribution in [0.1, 0.15) is 5.56 Å². The number of amides is 3. The number of methoxy groups -OCH3 is 1. The molecule has 3 amide bonds. The highest BCUT2D eigenvalue weighted by molar-refractivity contribution is 6.41. The smallest absolute Gasteiger partial charge is 0.329 e. The van der Waals surface area contributed by atoms with E-state index >= 15 is 0 Å². The number of carbonyl (C=O) groups is 3. The molecule has 0 saturated carbocycles.